The molecule has 2 aromatic rings. The van der Waals surface area contributed by atoms with Gasteiger partial charge >= 0.3 is 0 Å². The molecule has 2 aromatic heterocycles. The number of thiazole rings is 1. The summed E-state index contributed by atoms with van der Waals surface area (Å²) in [5.74, 6) is 0. The van der Waals surface area contributed by atoms with Crippen LogP contribution in [0.5, 0.6) is 0 Å². The van der Waals surface area contributed by atoms with E-state index in [0.29, 0.717) is 10.3 Å². The van der Waals surface area contributed by atoms with Gasteiger partial charge in [-0.1, -0.05) is 18.3 Å². The third kappa shape index (κ3) is 1.99. The smallest absolute Gasteiger partial charge is 0.270 e. The topological polar surface area (TPSA) is 65.1 Å². The molecule has 0 bridgehead atoms. The maximum absolute atomic E-state index is 11.6. The molecule has 0 atom stereocenters. The minimum absolute atomic E-state index is 0.101. The van der Waals surface area contributed by atoms with E-state index in [0.717, 1.165) is 37.9 Å². The summed E-state index contributed by atoms with van der Waals surface area (Å²) in [5.41, 5.74) is 0.451. The van der Waals surface area contributed by atoms with Crippen LogP contribution in [-0.4, -0.2) is 52.6 Å². The van der Waals surface area contributed by atoms with Crippen molar-refractivity contribution in [1.82, 2.24) is 19.9 Å². The van der Waals surface area contributed by atoms with Crippen LogP contribution in [0.2, 0.25) is 0 Å². The molecule has 0 aliphatic carbocycles. The van der Waals surface area contributed by atoms with E-state index in [4.69, 9.17) is 0 Å². The number of hydrogen-bond acceptors (Lipinski definition) is 6. The molecule has 96 valence electrons. The van der Waals surface area contributed by atoms with Crippen molar-refractivity contribution in [1.29, 1.82) is 0 Å². The SMILES string of the molecule is CCN1CCN(c2nc3nc[nH]c(=O)c3s2)CC1. The first-order chi connectivity index (χ1) is 8.78. The van der Waals surface area contributed by atoms with Gasteiger partial charge in [0.25, 0.3) is 5.56 Å². The zero-order valence-corrected chi connectivity index (χ0v) is 11.0. The van der Waals surface area contributed by atoms with Crippen molar-refractivity contribution in [2.24, 2.45) is 0 Å². The molecule has 7 heteroatoms. The van der Waals surface area contributed by atoms with E-state index in [2.05, 4.69) is 31.7 Å². The summed E-state index contributed by atoms with van der Waals surface area (Å²) in [6.45, 7) is 7.30. The van der Waals surface area contributed by atoms with Gasteiger partial charge in [-0.25, -0.2) is 4.98 Å². The number of hydrogen-bond donors (Lipinski definition) is 1. The Bertz CT molecular complexity index is 599. The lowest BCUT2D eigenvalue weighted by atomic mass is 10.3. The summed E-state index contributed by atoms with van der Waals surface area (Å²) in [4.78, 5) is 27.4. The van der Waals surface area contributed by atoms with E-state index < -0.39 is 0 Å². The molecule has 1 fully saturated rings. The van der Waals surface area contributed by atoms with Gasteiger partial charge in [-0.2, -0.15) is 4.98 Å². The summed E-state index contributed by atoms with van der Waals surface area (Å²) in [5, 5.41) is 0.907. The molecular weight excluding hydrogens is 250 g/mol. The molecule has 0 unspecified atom stereocenters. The Balaban J connectivity index is 1.87. The van der Waals surface area contributed by atoms with E-state index >= 15 is 0 Å². The van der Waals surface area contributed by atoms with E-state index in [1.165, 1.54) is 17.7 Å². The molecule has 0 radical (unpaired) electrons. The van der Waals surface area contributed by atoms with Crippen LogP contribution < -0.4 is 10.5 Å². The molecular formula is C11H15N5OS. The lowest BCUT2D eigenvalue weighted by Crippen LogP contribution is -2.46. The molecule has 3 rings (SSSR count). The minimum atomic E-state index is -0.101. The number of aromatic nitrogens is 3. The average Bonchev–Trinajstić information content (AvgIpc) is 2.84. The van der Waals surface area contributed by atoms with Crippen LogP contribution in [0.4, 0.5) is 5.13 Å². The van der Waals surface area contributed by atoms with Crippen LogP contribution in [0.3, 0.4) is 0 Å². The maximum Gasteiger partial charge on any atom is 0.270 e. The molecule has 6 nitrogen and oxygen atoms in total. The Kier molecular flexibility index (Phi) is 3.00. The first-order valence-electron chi connectivity index (χ1n) is 6.09. The fraction of sp³-hybridized carbons (Fsp3) is 0.545. The third-order valence-electron chi connectivity index (χ3n) is 3.28. The number of rotatable bonds is 2. The number of H-pyrrole nitrogens is 1. The van der Waals surface area contributed by atoms with Crippen LogP contribution >= 0.6 is 11.3 Å². The van der Waals surface area contributed by atoms with Gasteiger partial charge in [0.15, 0.2) is 10.8 Å². The zero-order valence-electron chi connectivity index (χ0n) is 10.2. The Hall–Kier alpha value is -1.47. The number of nitrogens with zero attached hydrogens (tertiary/aromatic N) is 4. The molecule has 18 heavy (non-hydrogen) atoms. The molecule has 0 saturated carbocycles. The number of likely N-dealkylation sites (N-methyl/N-ethyl adjacent to an activating group) is 1. The summed E-state index contributed by atoms with van der Waals surface area (Å²) < 4.78 is 0.616. The largest absolute Gasteiger partial charge is 0.345 e. The van der Waals surface area contributed by atoms with E-state index in [9.17, 15) is 4.79 Å². The van der Waals surface area contributed by atoms with E-state index in [-0.39, 0.29) is 5.56 Å². The first-order valence-corrected chi connectivity index (χ1v) is 6.91. The quantitative estimate of drug-likeness (QED) is 0.857. The van der Waals surface area contributed by atoms with Crippen molar-refractivity contribution >= 4 is 26.8 Å². The summed E-state index contributed by atoms with van der Waals surface area (Å²) in [7, 11) is 0. The van der Waals surface area contributed by atoms with Crippen molar-refractivity contribution in [3.8, 4) is 0 Å². The molecule has 3 heterocycles. The van der Waals surface area contributed by atoms with Crippen molar-refractivity contribution in [2.45, 2.75) is 6.92 Å². The molecule has 0 amide bonds. The molecule has 0 spiro atoms. The second-order valence-electron chi connectivity index (χ2n) is 4.30. The van der Waals surface area contributed by atoms with Crippen LogP contribution in [0.25, 0.3) is 10.3 Å². The summed E-state index contributed by atoms with van der Waals surface area (Å²) in [6.07, 6.45) is 1.41. The van der Waals surface area contributed by atoms with Gasteiger partial charge in [0.2, 0.25) is 0 Å². The predicted molar refractivity (Wildman–Crippen MR) is 72.4 cm³/mol. The highest BCUT2D eigenvalue weighted by Crippen LogP contribution is 2.25. The second kappa shape index (κ2) is 4.66. The lowest BCUT2D eigenvalue weighted by molar-refractivity contribution is 0.271. The Morgan fingerprint density at radius 2 is 2.17 bits per heavy atom. The van der Waals surface area contributed by atoms with Crippen LogP contribution in [0.15, 0.2) is 11.1 Å². The predicted octanol–water partition coefficient (Wildman–Crippen LogP) is 0.521. The molecule has 1 N–H and O–H groups in total. The minimum Gasteiger partial charge on any atom is -0.345 e. The maximum atomic E-state index is 11.6. The van der Waals surface area contributed by atoms with Gasteiger partial charge in [-0.15, -0.1) is 0 Å². The number of anilines is 1. The van der Waals surface area contributed by atoms with Gasteiger partial charge < -0.3 is 14.8 Å². The van der Waals surface area contributed by atoms with Gasteiger partial charge in [0.1, 0.15) is 4.70 Å². The van der Waals surface area contributed by atoms with Gasteiger partial charge in [0.05, 0.1) is 6.33 Å². The number of piperazine rings is 1. The third-order valence-corrected chi connectivity index (χ3v) is 4.38. The Labute approximate surface area is 108 Å². The number of aromatic amines is 1. The Morgan fingerprint density at radius 1 is 1.39 bits per heavy atom. The number of nitrogens with one attached hydrogen (secondary N) is 1. The first kappa shape index (κ1) is 11.6. The Morgan fingerprint density at radius 3 is 2.83 bits per heavy atom. The van der Waals surface area contributed by atoms with Gasteiger partial charge in [-0.3, -0.25) is 4.79 Å². The van der Waals surface area contributed by atoms with Crippen LogP contribution in [0.1, 0.15) is 6.92 Å². The highest BCUT2D eigenvalue weighted by molar-refractivity contribution is 7.22. The highest BCUT2D eigenvalue weighted by atomic mass is 32.1. The monoisotopic (exact) mass is 265 g/mol. The van der Waals surface area contributed by atoms with Crippen molar-refractivity contribution in [3.05, 3.63) is 16.7 Å². The average molecular weight is 265 g/mol. The summed E-state index contributed by atoms with van der Waals surface area (Å²) >= 11 is 1.43. The standard InChI is InChI=1S/C11H15N5OS/c1-2-15-3-5-16(6-4-15)11-14-9-8(18-11)10(17)13-7-12-9/h7H,2-6H2,1H3,(H,12,13,17). The van der Waals surface area contributed by atoms with Crippen molar-refractivity contribution in [2.75, 3.05) is 37.6 Å². The van der Waals surface area contributed by atoms with E-state index in [1.54, 1.807) is 0 Å². The van der Waals surface area contributed by atoms with Gasteiger partial charge in [0, 0.05) is 26.2 Å². The summed E-state index contributed by atoms with van der Waals surface area (Å²) in [6, 6.07) is 0. The molecule has 1 aliphatic heterocycles. The normalized spacial score (nSPS) is 17.5. The molecule has 1 saturated heterocycles. The van der Waals surface area contributed by atoms with Crippen LogP contribution in [-0.2, 0) is 0 Å². The lowest BCUT2D eigenvalue weighted by Gasteiger charge is -2.33. The highest BCUT2D eigenvalue weighted by Gasteiger charge is 2.19. The second-order valence-corrected chi connectivity index (χ2v) is 5.28. The van der Waals surface area contributed by atoms with Gasteiger partial charge in [-0.05, 0) is 6.54 Å². The fourth-order valence-corrected chi connectivity index (χ4v) is 3.11. The van der Waals surface area contributed by atoms with Crippen LogP contribution in [0, 0.1) is 0 Å². The fourth-order valence-electron chi connectivity index (χ4n) is 2.14. The van der Waals surface area contributed by atoms with Crippen molar-refractivity contribution in [3.63, 3.8) is 0 Å². The zero-order chi connectivity index (χ0) is 12.5. The number of fused-ring (bicyclic) bond motifs is 1. The molecule has 0 aromatic carbocycles. The van der Waals surface area contributed by atoms with E-state index in [1.807, 2.05) is 0 Å². The molecule has 1 aliphatic rings. The van der Waals surface area contributed by atoms with Crippen molar-refractivity contribution < 1.29 is 0 Å².